The summed E-state index contributed by atoms with van der Waals surface area (Å²) in [4.78, 5) is 9.29. The fourth-order valence-corrected chi connectivity index (χ4v) is 3.57. The first-order chi connectivity index (χ1) is 10.2. The molecule has 2 heterocycles. The van der Waals surface area contributed by atoms with Crippen LogP contribution in [0.3, 0.4) is 0 Å². The van der Waals surface area contributed by atoms with E-state index in [4.69, 9.17) is 4.98 Å². The van der Waals surface area contributed by atoms with Crippen LogP contribution in [0, 0.1) is 5.92 Å². The molecule has 4 nitrogen and oxygen atoms in total. The molecule has 0 saturated heterocycles. The first-order valence-electron chi connectivity index (χ1n) is 7.89. The number of hydrogen-bond donors (Lipinski definition) is 1. The molecule has 0 aliphatic heterocycles. The summed E-state index contributed by atoms with van der Waals surface area (Å²) in [5, 5.41) is 6.81. The Morgan fingerprint density at radius 3 is 3.05 bits per heavy atom. The van der Waals surface area contributed by atoms with E-state index in [1.54, 1.807) is 11.3 Å². The Hall–Kier alpha value is -1.20. The lowest BCUT2D eigenvalue weighted by Gasteiger charge is -2.13. The number of rotatable bonds is 6. The van der Waals surface area contributed by atoms with Crippen LogP contribution in [-0.4, -0.2) is 21.1 Å². The Morgan fingerprint density at radius 2 is 2.19 bits per heavy atom. The van der Waals surface area contributed by atoms with Crippen molar-refractivity contribution >= 4 is 11.3 Å². The topological polar surface area (TPSA) is 42.7 Å². The average molecular weight is 304 g/mol. The molecule has 21 heavy (non-hydrogen) atoms. The number of fused-ring (bicyclic) bond motifs is 1. The van der Waals surface area contributed by atoms with E-state index < -0.39 is 0 Å². The van der Waals surface area contributed by atoms with E-state index in [1.165, 1.54) is 35.7 Å². The van der Waals surface area contributed by atoms with Crippen molar-refractivity contribution < 1.29 is 0 Å². The van der Waals surface area contributed by atoms with Crippen LogP contribution in [0.2, 0.25) is 0 Å². The second kappa shape index (κ2) is 6.71. The Balaban J connectivity index is 1.60. The summed E-state index contributed by atoms with van der Waals surface area (Å²) in [6.45, 7) is 7.24. The molecule has 0 bridgehead atoms. The van der Waals surface area contributed by atoms with Crippen LogP contribution in [0.5, 0.6) is 0 Å². The lowest BCUT2D eigenvalue weighted by Crippen LogP contribution is -2.18. The normalized spacial score (nSPS) is 14.6. The number of nitrogens with zero attached hydrogens (tertiary/aromatic N) is 3. The van der Waals surface area contributed by atoms with Crippen LogP contribution in [0.4, 0.5) is 0 Å². The van der Waals surface area contributed by atoms with Crippen molar-refractivity contribution in [3.05, 3.63) is 33.8 Å². The Labute approximate surface area is 130 Å². The molecule has 0 amide bonds. The highest BCUT2D eigenvalue weighted by Crippen LogP contribution is 2.21. The van der Waals surface area contributed by atoms with E-state index in [0.717, 1.165) is 31.7 Å². The summed E-state index contributed by atoms with van der Waals surface area (Å²) in [7, 11) is 0. The van der Waals surface area contributed by atoms with Crippen molar-refractivity contribution in [2.75, 3.05) is 6.54 Å². The molecule has 1 aliphatic carbocycles. The van der Waals surface area contributed by atoms with Crippen LogP contribution in [0.25, 0.3) is 0 Å². The highest BCUT2D eigenvalue weighted by molar-refractivity contribution is 7.09. The van der Waals surface area contributed by atoms with Gasteiger partial charge in [0.05, 0.1) is 24.3 Å². The van der Waals surface area contributed by atoms with Crippen molar-refractivity contribution in [1.82, 2.24) is 19.9 Å². The van der Waals surface area contributed by atoms with Gasteiger partial charge in [-0.05, 0) is 38.1 Å². The maximum Gasteiger partial charge on any atom is 0.107 e. The van der Waals surface area contributed by atoms with Gasteiger partial charge in [0.1, 0.15) is 5.01 Å². The highest BCUT2D eigenvalue weighted by Gasteiger charge is 2.15. The lowest BCUT2D eigenvalue weighted by atomic mass is 10.0. The zero-order chi connectivity index (χ0) is 14.7. The Kier molecular flexibility index (Phi) is 4.70. The summed E-state index contributed by atoms with van der Waals surface area (Å²) in [5.41, 5.74) is 3.89. The van der Waals surface area contributed by atoms with E-state index in [9.17, 15) is 0 Å². The third-order valence-electron chi connectivity index (χ3n) is 3.87. The molecule has 2 aromatic rings. The minimum absolute atomic E-state index is 0.682. The lowest BCUT2D eigenvalue weighted by molar-refractivity contribution is 0.550. The number of thiazole rings is 1. The fourth-order valence-electron chi connectivity index (χ4n) is 2.81. The number of nitrogens with one attached hydrogen (secondary N) is 1. The number of hydrogen-bond acceptors (Lipinski definition) is 4. The van der Waals surface area contributed by atoms with Crippen LogP contribution in [0.15, 0.2) is 11.7 Å². The monoisotopic (exact) mass is 304 g/mol. The summed E-state index contributed by atoms with van der Waals surface area (Å²) in [5.74, 6) is 0.682. The summed E-state index contributed by atoms with van der Waals surface area (Å²) >= 11 is 1.75. The zero-order valence-electron chi connectivity index (χ0n) is 12.9. The van der Waals surface area contributed by atoms with Crippen LogP contribution in [0.1, 0.15) is 48.8 Å². The van der Waals surface area contributed by atoms with Gasteiger partial charge in [0.15, 0.2) is 0 Å². The zero-order valence-corrected chi connectivity index (χ0v) is 13.7. The largest absolute Gasteiger partial charge is 0.328 e. The van der Waals surface area contributed by atoms with Crippen molar-refractivity contribution in [3.8, 4) is 0 Å². The van der Waals surface area contributed by atoms with Gasteiger partial charge in [-0.1, -0.05) is 13.8 Å². The molecular formula is C16H24N4S. The SMILES string of the molecule is CC(C)CNCc1nc(Cn2cnc3c2CCCC3)cs1. The van der Waals surface area contributed by atoms with Gasteiger partial charge in [0, 0.05) is 17.6 Å². The molecule has 3 rings (SSSR count). The van der Waals surface area contributed by atoms with E-state index in [2.05, 4.69) is 34.1 Å². The second-order valence-corrected chi connectivity index (χ2v) is 7.17. The summed E-state index contributed by atoms with van der Waals surface area (Å²) in [6, 6.07) is 0. The predicted octanol–water partition coefficient (Wildman–Crippen LogP) is 3.01. The quantitative estimate of drug-likeness (QED) is 0.892. The van der Waals surface area contributed by atoms with Gasteiger partial charge in [0.2, 0.25) is 0 Å². The van der Waals surface area contributed by atoms with Gasteiger partial charge >= 0.3 is 0 Å². The maximum absolute atomic E-state index is 4.74. The molecule has 2 aromatic heterocycles. The van der Waals surface area contributed by atoms with Crippen LogP contribution in [-0.2, 0) is 25.9 Å². The van der Waals surface area contributed by atoms with Gasteiger partial charge in [-0.25, -0.2) is 9.97 Å². The molecule has 114 valence electrons. The molecule has 0 unspecified atom stereocenters. The van der Waals surface area contributed by atoms with Gasteiger partial charge < -0.3 is 9.88 Å². The molecule has 0 fully saturated rings. The van der Waals surface area contributed by atoms with Gasteiger partial charge in [-0.2, -0.15) is 0 Å². The van der Waals surface area contributed by atoms with Gasteiger partial charge in [-0.15, -0.1) is 11.3 Å². The standard InChI is InChI=1S/C16H24N4S/c1-12(2)7-17-8-16-19-13(10-21-16)9-20-11-18-14-5-3-4-6-15(14)20/h10-12,17H,3-9H2,1-2H3. The third kappa shape index (κ3) is 3.71. The van der Waals surface area contributed by atoms with Crippen molar-refractivity contribution in [2.45, 2.75) is 52.6 Å². The van der Waals surface area contributed by atoms with E-state index in [0.29, 0.717) is 5.92 Å². The second-order valence-electron chi connectivity index (χ2n) is 6.23. The molecule has 0 saturated carbocycles. The number of imidazole rings is 1. The average Bonchev–Trinajstić information content (AvgIpc) is 3.07. The molecule has 5 heteroatoms. The molecule has 0 aromatic carbocycles. The predicted molar refractivity (Wildman–Crippen MR) is 86.6 cm³/mol. The van der Waals surface area contributed by atoms with Crippen molar-refractivity contribution in [1.29, 1.82) is 0 Å². The van der Waals surface area contributed by atoms with Crippen LogP contribution >= 0.6 is 11.3 Å². The highest BCUT2D eigenvalue weighted by atomic mass is 32.1. The smallest absolute Gasteiger partial charge is 0.107 e. The molecule has 1 N–H and O–H groups in total. The fraction of sp³-hybridized carbons (Fsp3) is 0.625. The van der Waals surface area contributed by atoms with Crippen molar-refractivity contribution in [2.24, 2.45) is 5.92 Å². The molecule has 0 atom stereocenters. The Morgan fingerprint density at radius 1 is 1.33 bits per heavy atom. The number of aryl methyl sites for hydroxylation is 1. The summed E-state index contributed by atoms with van der Waals surface area (Å²) < 4.78 is 2.29. The Bertz CT molecular complexity index is 585. The van der Waals surface area contributed by atoms with Crippen LogP contribution < -0.4 is 5.32 Å². The maximum atomic E-state index is 4.74. The molecular weight excluding hydrogens is 280 g/mol. The van der Waals surface area contributed by atoms with Gasteiger partial charge in [-0.3, -0.25) is 0 Å². The minimum Gasteiger partial charge on any atom is -0.328 e. The van der Waals surface area contributed by atoms with Crippen molar-refractivity contribution in [3.63, 3.8) is 0 Å². The molecule has 0 radical (unpaired) electrons. The first kappa shape index (κ1) is 14.7. The first-order valence-corrected chi connectivity index (χ1v) is 8.77. The molecule has 0 spiro atoms. The number of aromatic nitrogens is 3. The van der Waals surface area contributed by atoms with E-state index >= 15 is 0 Å². The minimum atomic E-state index is 0.682. The van der Waals surface area contributed by atoms with Gasteiger partial charge in [0.25, 0.3) is 0 Å². The van der Waals surface area contributed by atoms with E-state index in [1.807, 2.05) is 6.33 Å². The third-order valence-corrected chi connectivity index (χ3v) is 4.77. The summed E-state index contributed by atoms with van der Waals surface area (Å²) in [6.07, 6.45) is 6.88. The van der Waals surface area contributed by atoms with E-state index in [-0.39, 0.29) is 0 Å². The molecule has 1 aliphatic rings.